The van der Waals surface area contributed by atoms with Crippen molar-refractivity contribution in [2.45, 2.75) is 11.4 Å². The monoisotopic (exact) mass is 476 g/mol. The number of carbonyl (C=O) groups is 1. The number of hydrogen-bond acceptors (Lipinski definition) is 6. The van der Waals surface area contributed by atoms with Gasteiger partial charge in [0, 0.05) is 11.3 Å². The van der Waals surface area contributed by atoms with Crippen LogP contribution in [-0.2, 0) is 16.6 Å². The normalized spacial score (nSPS) is 13.7. The lowest BCUT2D eigenvalue weighted by atomic mass is 10.1. The van der Waals surface area contributed by atoms with Crippen LogP contribution in [0.15, 0.2) is 105 Å². The number of fused-ring (bicyclic) bond motifs is 1. The van der Waals surface area contributed by atoms with Gasteiger partial charge in [0.15, 0.2) is 5.84 Å². The maximum Gasteiger partial charge on any atom is 0.346 e. The van der Waals surface area contributed by atoms with Gasteiger partial charge in [-0.15, -0.1) is 4.40 Å². The summed E-state index contributed by atoms with van der Waals surface area (Å²) in [4.78, 5) is 14.1. The fraction of sp³-hybridized carbons (Fsp3) is 0.0400. The van der Waals surface area contributed by atoms with Crippen molar-refractivity contribution < 1.29 is 26.8 Å². The molecule has 0 saturated heterocycles. The summed E-state index contributed by atoms with van der Waals surface area (Å²) in [6.45, 7) is 0.212. The minimum Gasteiger partial charge on any atom is -0.467 e. The minimum atomic E-state index is -3.83. The third kappa shape index (κ3) is 4.08. The third-order valence-corrected chi connectivity index (χ3v) is 6.54. The first-order valence-electron chi connectivity index (χ1n) is 10.2. The highest BCUT2D eigenvalue weighted by Crippen LogP contribution is 2.32. The fourth-order valence-electron chi connectivity index (χ4n) is 3.61. The molecule has 0 bridgehead atoms. The Bertz CT molecular complexity index is 1500. The average molecular weight is 476 g/mol. The lowest BCUT2D eigenvalue weighted by Crippen LogP contribution is -2.30. The highest BCUT2D eigenvalue weighted by molar-refractivity contribution is 7.90. The molecule has 4 aromatic rings. The van der Waals surface area contributed by atoms with Gasteiger partial charge in [0.05, 0.1) is 18.4 Å². The van der Waals surface area contributed by atoms with Gasteiger partial charge in [-0.2, -0.15) is 8.42 Å². The SMILES string of the molecule is O=C(Oc1ccc(N(Cc2ccco2)C2=NS(=O)(=O)c3ccccc32)cc1)c1ccccc1F. The first-order chi connectivity index (χ1) is 16.4. The van der Waals surface area contributed by atoms with E-state index in [2.05, 4.69) is 4.40 Å². The molecule has 0 saturated carbocycles. The highest BCUT2D eigenvalue weighted by atomic mass is 32.2. The topological polar surface area (TPSA) is 89.2 Å². The van der Waals surface area contributed by atoms with E-state index in [1.54, 1.807) is 65.6 Å². The number of sulfonamides is 1. The molecular weight excluding hydrogens is 459 g/mol. The van der Waals surface area contributed by atoms with Gasteiger partial charge in [0.1, 0.15) is 22.2 Å². The van der Waals surface area contributed by atoms with Crippen LogP contribution in [0.25, 0.3) is 0 Å². The number of carbonyl (C=O) groups excluding carboxylic acids is 1. The first kappa shape index (κ1) is 21.6. The Morgan fingerprint density at radius 2 is 1.68 bits per heavy atom. The van der Waals surface area contributed by atoms with Gasteiger partial charge < -0.3 is 14.1 Å². The quantitative estimate of drug-likeness (QED) is 0.304. The molecule has 0 unspecified atom stereocenters. The largest absolute Gasteiger partial charge is 0.467 e. The van der Waals surface area contributed by atoms with Crippen molar-refractivity contribution in [2.75, 3.05) is 4.90 Å². The molecule has 1 aliphatic rings. The van der Waals surface area contributed by atoms with Gasteiger partial charge >= 0.3 is 5.97 Å². The smallest absolute Gasteiger partial charge is 0.346 e. The molecular formula is C25H17FN2O5S. The number of anilines is 1. The first-order valence-corrected chi connectivity index (χ1v) is 11.7. The number of halogens is 1. The number of rotatable bonds is 5. The Balaban J connectivity index is 1.47. The molecule has 2 heterocycles. The molecule has 0 atom stereocenters. The summed E-state index contributed by atoms with van der Waals surface area (Å²) in [5, 5.41) is 0. The van der Waals surface area contributed by atoms with Gasteiger partial charge in [0.25, 0.3) is 10.0 Å². The second-order valence-corrected chi connectivity index (χ2v) is 8.99. The van der Waals surface area contributed by atoms with E-state index in [4.69, 9.17) is 9.15 Å². The summed E-state index contributed by atoms with van der Waals surface area (Å²) in [5.74, 6) is -0.440. The van der Waals surface area contributed by atoms with Crippen LogP contribution < -0.4 is 9.64 Å². The van der Waals surface area contributed by atoms with E-state index in [-0.39, 0.29) is 28.6 Å². The molecule has 9 heteroatoms. The second-order valence-electron chi connectivity index (χ2n) is 7.41. The minimum absolute atomic E-state index is 0.130. The van der Waals surface area contributed by atoms with Crippen LogP contribution in [0.4, 0.5) is 10.1 Å². The molecule has 170 valence electrons. The summed E-state index contributed by atoms with van der Waals surface area (Å²) >= 11 is 0. The molecule has 0 amide bonds. The van der Waals surface area contributed by atoms with Crippen molar-refractivity contribution >= 4 is 27.5 Å². The third-order valence-electron chi connectivity index (χ3n) is 5.21. The summed E-state index contributed by atoms with van der Waals surface area (Å²) in [6, 6.07) is 22.0. The zero-order valence-electron chi connectivity index (χ0n) is 17.6. The zero-order chi connectivity index (χ0) is 23.7. The lowest BCUT2D eigenvalue weighted by molar-refractivity contribution is 0.0730. The van der Waals surface area contributed by atoms with Crippen molar-refractivity contribution in [3.05, 3.63) is 114 Å². The molecule has 0 radical (unpaired) electrons. The Labute approximate surface area is 194 Å². The van der Waals surface area contributed by atoms with Gasteiger partial charge in [0.2, 0.25) is 0 Å². The number of benzene rings is 3. The van der Waals surface area contributed by atoms with Crippen LogP contribution in [0.3, 0.4) is 0 Å². The van der Waals surface area contributed by atoms with Crippen LogP contribution in [0.2, 0.25) is 0 Å². The van der Waals surface area contributed by atoms with Gasteiger partial charge in [-0.1, -0.05) is 24.3 Å². The maximum atomic E-state index is 13.9. The van der Waals surface area contributed by atoms with Crippen molar-refractivity contribution in [1.29, 1.82) is 0 Å². The van der Waals surface area contributed by atoms with E-state index in [0.29, 0.717) is 17.0 Å². The summed E-state index contributed by atoms with van der Waals surface area (Å²) in [5.41, 5.74) is 0.894. The van der Waals surface area contributed by atoms with Crippen LogP contribution in [0.5, 0.6) is 5.75 Å². The second kappa shape index (κ2) is 8.60. The maximum absolute atomic E-state index is 13.9. The van der Waals surface area contributed by atoms with E-state index < -0.39 is 21.8 Å². The molecule has 1 aromatic heterocycles. The zero-order valence-corrected chi connectivity index (χ0v) is 18.4. The van der Waals surface area contributed by atoms with Crippen LogP contribution in [-0.4, -0.2) is 20.2 Å². The average Bonchev–Trinajstić information content (AvgIpc) is 3.44. The molecule has 7 nitrogen and oxygen atoms in total. The number of ether oxygens (including phenoxy) is 1. The summed E-state index contributed by atoms with van der Waals surface area (Å²) in [7, 11) is -3.83. The highest BCUT2D eigenvalue weighted by Gasteiger charge is 2.32. The number of nitrogens with zero attached hydrogens (tertiary/aromatic N) is 2. The Kier molecular flexibility index (Phi) is 5.46. The number of hydrogen-bond donors (Lipinski definition) is 0. The molecule has 34 heavy (non-hydrogen) atoms. The predicted molar refractivity (Wildman–Crippen MR) is 123 cm³/mol. The molecule has 0 fully saturated rings. The number of furan rings is 1. The van der Waals surface area contributed by atoms with Gasteiger partial charge in [-0.05, 0) is 60.7 Å². The predicted octanol–water partition coefficient (Wildman–Crippen LogP) is 4.79. The molecule has 0 N–H and O–H groups in total. The van der Waals surface area contributed by atoms with Gasteiger partial charge in [-0.3, -0.25) is 0 Å². The molecule has 0 aliphatic carbocycles. The van der Waals surface area contributed by atoms with Crippen molar-refractivity contribution in [3.8, 4) is 5.75 Å². The van der Waals surface area contributed by atoms with E-state index in [0.717, 1.165) is 0 Å². The number of esters is 1. The standard InChI is InChI=1S/C25H17FN2O5S/c26-22-9-3-1-7-20(22)25(29)33-18-13-11-17(12-14-18)28(16-19-6-5-15-32-19)24-21-8-2-4-10-23(21)34(30,31)27-24/h1-15H,16H2. The lowest BCUT2D eigenvalue weighted by Gasteiger charge is -2.24. The Morgan fingerprint density at radius 1 is 0.941 bits per heavy atom. The van der Waals surface area contributed by atoms with Crippen molar-refractivity contribution in [2.24, 2.45) is 4.40 Å². The summed E-state index contributed by atoms with van der Waals surface area (Å²) < 4.78 is 53.9. The molecule has 0 spiro atoms. The molecule has 5 rings (SSSR count). The summed E-state index contributed by atoms with van der Waals surface area (Å²) in [6.07, 6.45) is 1.53. The van der Waals surface area contributed by atoms with E-state index >= 15 is 0 Å². The Morgan fingerprint density at radius 3 is 2.41 bits per heavy atom. The van der Waals surface area contributed by atoms with E-state index in [1.807, 2.05) is 0 Å². The van der Waals surface area contributed by atoms with Crippen molar-refractivity contribution in [3.63, 3.8) is 0 Å². The van der Waals surface area contributed by atoms with Crippen LogP contribution >= 0.6 is 0 Å². The van der Waals surface area contributed by atoms with Crippen LogP contribution in [0.1, 0.15) is 21.7 Å². The van der Waals surface area contributed by atoms with Crippen molar-refractivity contribution in [1.82, 2.24) is 0 Å². The Hall–Kier alpha value is -4.24. The number of amidine groups is 1. The fourth-order valence-corrected chi connectivity index (χ4v) is 4.82. The van der Waals surface area contributed by atoms with Gasteiger partial charge in [-0.25, -0.2) is 9.18 Å². The molecule has 3 aromatic carbocycles. The van der Waals surface area contributed by atoms with E-state index in [9.17, 15) is 17.6 Å². The van der Waals surface area contributed by atoms with Crippen LogP contribution in [0, 0.1) is 5.82 Å². The van der Waals surface area contributed by atoms with E-state index in [1.165, 1.54) is 30.5 Å². The molecule has 1 aliphatic heterocycles.